The van der Waals surface area contributed by atoms with Crippen LogP contribution in [-0.2, 0) is 0 Å². The van der Waals surface area contributed by atoms with Crippen LogP contribution in [0, 0.1) is 5.82 Å². The minimum absolute atomic E-state index is 0.292. The third-order valence-corrected chi connectivity index (χ3v) is 3.38. The van der Waals surface area contributed by atoms with Crippen LogP contribution in [0.1, 0.15) is 17.2 Å². The minimum atomic E-state index is -1.05. The van der Waals surface area contributed by atoms with Crippen molar-refractivity contribution in [2.45, 2.75) is 6.10 Å². The topological polar surface area (TPSA) is 29.5 Å². The minimum Gasteiger partial charge on any atom is -0.495 e. The van der Waals surface area contributed by atoms with Crippen molar-refractivity contribution < 1.29 is 14.2 Å². The number of ether oxygens (including phenoxy) is 1. The van der Waals surface area contributed by atoms with Gasteiger partial charge in [-0.25, -0.2) is 4.39 Å². The molecule has 2 rings (SSSR count). The van der Waals surface area contributed by atoms with E-state index in [2.05, 4.69) is 0 Å². The number of hydrogen-bond acceptors (Lipinski definition) is 2. The normalized spacial score (nSPS) is 12.3. The molecule has 2 aromatic carbocycles. The van der Waals surface area contributed by atoms with E-state index in [1.165, 1.54) is 25.3 Å². The summed E-state index contributed by atoms with van der Waals surface area (Å²) in [5.41, 5.74) is 0.807. The van der Waals surface area contributed by atoms with Crippen molar-refractivity contribution >= 4 is 23.2 Å². The van der Waals surface area contributed by atoms with Gasteiger partial charge in [0.25, 0.3) is 0 Å². The van der Waals surface area contributed by atoms with Gasteiger partial charge in [-0.3, -0.25) is 0 Å². The van der Waals surface area contributed by atoms with E-state index in [0.717, 1.165) is 0 Å². The maximum absolute atomic E-state index is 13.2. The highest BCUT2D eigenvalue weighted by molar-refractivity contribution is 6.32. The third kappa shape index (κ3) is 3.00. The molecule has 100 valence electrons. The highest BCUT2D eigenvalue weighted by Gasteiger charge is 2.16. The standard InChI is InChI=1S/C14H11Cl2FO2/c1-19-13-5-2-8(6-12(13)16)14(18)10-7-9(17)3-4-11(10)15/h2-7,14,18H,1H3. The molecule has 0 aromatic heterocycles. The van der Waals surface area contributed by atoms with Crippen LogP contribution in [0.2, 0.25) is 10.0 Å². The van der Waals surface area contributed by atoms with Crippen molar-refractivity contribution in [3.8, 4) is 5.75 Å². The second-order valence-corrected chi connectivity index (χ2v) is 4.78. The number of aliphatic hydroxyl groups excluding tert-OH is 1. The number of rotatable bonds is 3. The van der Waals surface area contributed by atoms with Crippen LogP contribution >= 0.6 is 23.2 Å². The van der Waals surface area contributed by atoms with E-state index in [9.17, 15) is 9.50 Å². The van der Waals surface area contributed by atoms with Gasteiger partial charge in [0.15, 0.2) is 0 Å². The second kappa shape index (κ2) is 5.78. The lowest BCUT2D eigenvalue weighted by Crippen LogP contribution is -2.01. The molecule has 0 fully saturated rings. The van der Waals surface area contributed by atoms with Gasteiger partial charge < -0.3 is 9.84 Å². The first kappa shape index (κ1) is 14.1. The fourth-order valence-corrected chi connectivity index (χ4v) is 2.24. The number of methoxy groups -OCH3 is 1. The van der Waals surface area contributed by atoms with E-state index >= 15 is 0 Å². The SMILES string of the molecule is COc1ccc(C(O)c2cc(F)ccc2Cl)cc1Cl. The Morgan fingerprint density at radius 1 is 1.11 bits per heavy atom. The zero-order valence-corrected chi connectivity index (χ0v) is 11.5. The molecule has 5 heteroatoms. The summed E-state index contributed by atoms with van der Waals surface area (Å²) in [5, 5.41) is 10.9. The summed E-state index contributed by atoms with van der Waals surface area (Å²) in [4.78, 5) is 0. The molecule has 2 nitrogen and oxygen atoms in total. The Bertz CT molecular complexity index is 602. The van der Waals surface area contributed by atoms with E-state index in [4.69, 9.17) is 27.9 Å². The van der Waals surface area contributed by atoms with Crippen molar-refractivity contribution in [1.82, 2.24) is 0 Å². The van der Waals surface area contributed by atoms with E-state index in [1.807, 2.05) is 0 Å². The Kier molecular flexibility index (Phi) is 4.30. The highest BCUT2D eigenvalue weighted by Crippen LogP contribution is 2.33. The van der Waals surface area contributed by atoms with Crippen molar-refractivity contribution in [1.29, 1.82) is 0 Å². The monoisotopic (exact) mass is 300 g/mol. The summed E-state index contributed by atoms with van der Waals surface area (Å²) < 4.78 is 18.2. The van der Waals surface area contributed by atoms with Crippen LogP contribution in [0.4, 0.5) is 4.39 Å². The van der Waals surface area contributed by atoms with Crippen LogP contribution in [0.15, 0.2) is 36.4 Å². The van der Waals surface area contributed by atoms with Gasteiger partial charge in [-0.15, -0.1) is 0 Å². The predicted octanol–water partition coefficient (Wildman–Crippen LogP) is 4.22. The molecule has 0 aliphatic rings. The molecule has 0 spiro atoms. The Labute approximate surface area is 120 Å². The first-order chi connectivity index (χ1) is 9.02. The highest BCUT2D eigenvalue weighted by atomic mass is 35.5. The second-order valence-electron chi connectivity index (χ2n) is 3.96. The third-order valence-electron chi connectivity index (χ3n) is 2.74. The molecule has 0 bridgehead atoms. The maximum atomic E-state index is 13.2. The summed E-state index contributed by atoms with van der Waals surface area (Å²) in [7, 11) is 1.50. The van der Waals surface area contributed by atoms with E-state index in [1.54, 1.807) is 18.2 Å². The molecule has 2 aromatic rings. The first-order valence-corrected chi connectivity index (χ1v) is 6.25. The predicted molar refractivity (Wildman–Crippen MR) is 73.5 cm³/mol. The summed E-state index contributed by atoms with van der Waals surface area (Å²) in [6.07, 6.45) is -1.05. The van der Waals surface area contributed by atoms with Crippen LogP contribution in [0.25, 0.3) is 0 Å². The molecule has 0 saturated heterocycles. The largest absolute Gasteiger partial charge is 0.495 e. The summed E-state index contributed by atoms with van der Waals surface area (Å²) in [6.45, 7) is 0. The first-order valence-electron chi connectivity index (χ1n) is 5.49. The molecule has 1 unspecified atom stereocenters. The smallest absolute Gasteiger partial charge is 0.137 e. The average molecular weight is 301 g/mol. The Morgan fingerprint density at radius 3 is 2.47 bits per heavy atom. The van der Waals surface area contributed by atoms with Crippen molar-refractivity contribution in [3.05, 3.63) is 63.4 Å². The Balaban J connectivity index is 2.41. The molecule has 1 atom stereocenters. The van der Waals surface area contributed by atoms with Crippen LogP contribution < -0.4 is 4.74 Å². The molecule has 19 heavy (non-hydrogen) atoms. The van der Waals surface area contributed by atoms with Crippen molar-refractivity contribution in [2.75, 3.05) is 7.11 Å². The van der Waals surface area contributed by atoms with E-state index in [-0.39, 0.29) is 0 Å². The number of benzene rings is 2. The van der Waals surface area contributed by atoms with Gasteiger partial charge in [0.05, 0.1) is 12.1 Å². The van der Waals surface area contributed by atoms with Crippen LogP contribution in [-0.4, -0.2) is 12.2 Å². The van der Waals surface area contributed by atoms with E-state index in [0.29, 0.717) is 26.9 Å². The zero-order chi connectivity index (χ0) is 14.0. The molecule has 0 saturated carbocycles. The van der Waals surface area contributed by atoms with Crippen molar-refractivity contribution in [2.24, 2.45) is 0 Å². The molecule has 1 N–H and O–H groups in total. The number of halogens is 3. The summed E-state index contributed by atoms with van der Waals surface area (Å²) in [6, 6.07) is 8.68. The van der Waals surface area contributed by atoms with Gasteiger partial charge in [0.1, 0.15) is 17.7 Å². The Morgan fingerprint density at radius 2 is 1.84 bits per heavy atom. The number of aliphatic hydroxyl groups is 1. The molecule has 0 heterocycles. The van der Waals surface area contributed by atoms with Gasteiger partial charge in [-0.2, -0.15) is 0 Å². The van der Waals surface area contributed by atoms with Crippen LogP contribution in [0.3, 0.4) is 0 Å². The van der Waals surface area contributed by atoms with Gasteiger partial charge in [0.2, 0.25) is 0 Å². The molecular formula is C14H11Cl2FO2. The molecule has 0 amide bonds. The van der Waals surface area contributed by atoms with Gasteiger partial charge in [-0.05, 0) is 35.9 Å². The lowest BCUT2D eigenvalue weighted by atomic mass is 10.0. The number of hydrogen-bond donors (Lipinski definition) is 1. The van der Waals surface area contributed by atoms with Gasteiger partial charge in [0, 0.05) is 10.6 Å². The summed E-state index contributed by atoms with van der Waals surface area (Å²) in [5.74, 6) is 0.0426. The van der Waals surface area contributed by atoms with Crippen molar-refractivity contribution in [3.63, 3.8) is 0 Å². The van der Waals surface area contributed by atoms with Crippen LogP contribution in [0.5, 0.6) is 5.75 Å². The lowest BCUT2D eigenvalue weighted by molar-refractivity contribution is 0.220. The van der Waals surface area contributed by atoms with Gasteiger partial charge in [-0.1, -0.05) is 29.3 Å². The van der Waals surface area contributed by atoms with E-state index < -0.39 is 11.9 Å². The average Bonchev–Trinajstić information content (AvgIpc) is 2.40. The zero-order valence-electron chi connectivity index (χ0n) is 10.0. The quantitative estimate of drug-likeness (QED) is 0.919. The fraction of sp³-hybridized carbons (Fsp3) is 0.143. The molecule has 0 radical (unpaired) electrons. The fourth-order valence-electron chi connectivity index (χ4n) is 1.76. The maximum Gasteiger partial charge on any atom is 0.137 e. The molecular weight excluding hydrogens is 290 g/mol. The summed E-state index contributed by atoms with van der Waals surface area (Å²) >= 11 is 11.9. The van der Waals surface area contributed by atoms with Gasteiger partial charge >= 0.3 is 0 Å². The Hall–Kier alpha value is -1.29. The molecule has 0 aliphatic carbocycles. The molecule has 0 aliphatic heterocycles. The lowest BCUT2D eigenvalue weighted by Gasteiger charge is -2.14.